The number of piperidine rings is 1. The number of aromatic nitrogens is 1. The molecule has 3 rings (SSSR count). The molecule has 8 nitrogen and oxygen atoms in total. The number of methoxy groups -OCH3 is 2. The lowest BCUT2D eigenvalue weighted by Gasteiger charge is -2.31. The molecule has 9 heteroatoms. The molecule has 2 aromatic rings. The van der Waals surface area contributed by atoms with E-state index < -0.39 is 10.0 Å². The van der Waals surface area contributed by atoms with Crippen LogP contribution in [-0.2, 0) is 21.4 Å². The van der Waals surface area contributed by atoms with Gasteiger partial charge in [-0.25, -0.2) is 8.42 Å². The van der Waals surface area contributed by atoms with Gasteiger partial charge in [-0.2, -0.15) is 4.31 Å². The van der Waals surface area contributed by atoms with E-state index in [0.29, 0.717) is 25.1 Å². The molecule has 0 radical (unpaired) electrons. The Morgan fingerprint density at radius 2 is 1.93 bits per heavy atom. The van der Waals surface area contributed by atoms with Crippen molar-refractivity contribution in [3.05, 3.63) is 48.3 Å². The molecular weight excluding hydrogens is 394 g/mol. The first-order valence-corrected chi connectivity index (χ1v) is 10.8. The van der Waals surface area contributed by atoms with Crippen molar-refractivity contribution in [2.24, 2.45) is 5.92 Å². The fourth-order valence-electron chi connectivity index (χ4n) is 3.31. The third kappa shape index (κ3) is 4.86. The van der Waals surface area contributed by atoms with Crippen molar-refractivity contribution in [3.63, 3.8) is 0 Å². The number of pyridine rings is 1. The fourth-order valence-corrected chi connectivity index (χ4v) is 4.92. The minimum atomic E-state index is -3.72. The van der Waals surface area contributed by atoms with Crippen LogP contribution in [0.1, 0.15) is 18.5 Å². The van der Waals surface area contributed by atoms with Gasteiger partial charge >= 0.3 is 0 Å². The van der Waals surface area contributed by atoms with Gasteiger partial charge < -0.3 is 14.8 Å². The van der Waals surface area contributed by atoms with Gasteiger partial charge in [0.05, 0.1) is 26.5 Å². The molecule has 1 amide bonds. The van der Waals surface area contributed by atoms with Crippen LogP contribution in [0.25, 0.3) is 0 Å². The molecule has 1 aromatic heterocycles. The van der Waals surface area contributed by atoms with Crippen molar-refractivity contribution in [1.82, 2.24) is 14.6 Å². The highest BCUT2D eigenvalue weighted by Gasteiger charge is 2.33. The van der Waals surface area contributed by atoms with E-state index in [-0.39, 0.29) is 35.6 Å². The van der Waals surface area contributed by atoms with E-state index in [1.54, 1.807) is 18.3 Å². The molecular formula is C20H25N3O5S. The van der Waals surface area contributed by atoms with Crippen LogP contribution in [0.4, 0.5) is 0 Å². The lowest BCUT2D eigenvalue weighted by atomic mass is 9.97. The number of hydrogen-bond donors (Lipinski definition) is 1. The summed E-state index contributed by atoms with van der Waals surface area (Å²) in [5.41, 5.74) is 0.785. The van der Waals surface area contributed by atoms with E-state index in [4.69, 9.17) is 9.47 Å². The Morgan fingerprint density at radius 3 is 2.55 bits per heavy atom. The topological polar surface area (TPSA) is 97.8 Å². The van der Waals surface area contributed by atoms with Crippen LogP contribution in [0.5, 0.6) is 11.5 Å². The first-order chi connectivity index (χ1) is 14.0. The van der Waals surface area contributed by atoms with Gasteiger partial charge in [-0.05, 0) is 37.1 Å². The highest BCUT2D eigenvalue weighted by Crippen LogP contribution is 2.32. The number of ether oxygens (including phenoxy) is 2. The average Bonchev–Trinajstić information content (AvgIpc) is 2.77. The van der Waals surface area contributed by atoms with Gasteiger partial charge in [-0.1, -0.05) is 6.07 Å². The fraction of sp³-hybridized carbons (Fsp3) is 0.400. The normalized spacial score (nSPS) is 15.7. The zero-order valence-electron chi connectivity index (χ0n) is 16.5. The number of carbonyl (C=O) groups is 1. The van der Waals surface area contributed by atoms with Crippen molar-refractivity contribution < 1.29 is 22.7 Å². The van der Waals surface area contributed by atoms with Crippen molar-refractivity contribution in [3.8, 4) is 11.5 Å². The Hall–Kier alpha value is -2.65. The van der Waals surface area contributed by atoms with E-state index in [1.165, 1.54) is 24.6 Å². The molecule has 0 aliphatic carbocycles. The zero-order chi connectivity index (χ0) is 20.9. The second-order valence-corrected chi connectivity index (χ2v) is 8.64. The summed E-state index contributed by atoms with van der Waals surface area (Å²) in [6.45, 7) is 0.916. The number of nitrogens with one attached hydrogen (secondary N) is 1. The molecule has 2 heterocycles. The maximum absolute atomic E-state index is 13.1. The molecule has 0 unspecified atom stereocenters. The van der Waals surface area contributed by atoms with Crippen LogP contribution >= 0.6 is 0 Å². The molecule has 0 atom stereocenters. The Balaban J connectivity index is 1.61. The standard InChI is InChI=1S/C20H25N3O5S/c1-27-17-6-7-19(18(13-17)28-2)29(25,26)23-11-8-15(9-12-23)20(24)22-14-16-5-3-4-10-21-16/h3-7,10,13,15H,8-9,11-12,14H2,1-2H3,(H,22,24). The van der Waals surface area contributed by atoms with Crippen LogP contribution in [-0.4, -0.2) is 50.9 Å². The number of sulfonamides is 1. The third-order valence-corrected chi connectivity index (χ3v) is 6.92. The van der Waals surface area contributed by atoms with Crippen LogP contribution in [0, 0.1) is 5.92 Å². The van der Waals surface area contributed by atoms with Crippen molar-refractivity contribution >= 4 is 15.9 Å². The van der Waals surface area contributed by atoms with Gasteiger partial charge in [-0.15, -0.1) is 0 Å². The van der Waals surface area contributed by atoms with E-state index in [9.17, 15) is 13.2 Å². The van der Waals surface area contributed by atoms with Gasteiger partial charge in [0.2, 0.25) is 15.9 Å². The summed E-state index contributed by atoms with van der Waals surface area (Å²) in [5, 5.41) is 2.88. The van der Waals surface area contributed by atoms with Crippen LogP contribution in [0.15, 0.2) is 47.5 Å². The van der Waals surface area contributed by atoms with Crippen molar-refractivity contribution in [2.45, 2.75) is 24.3 Å². The zero-order valence-corrected chi connectivity index (χ0v) is 17.3. The summed E-state index contributed by atoms with van der Waals surface area (Å²) in [6, 6.07) is 10.2. The SMILES string of the molecule is COc1ccc(S(=O)(=O)N2CCC(C(=O)NCc3ccccn3)CC2)c(OC)c1. The molecule has 1 aromatic carbocycles. The van der Waals surface area contributed by atoms with Gasteiger partial charge in [0, 0.05) is 31.3 Å². The van der Waals surface area contributed by atoms with Crippen LogP contribution < -0.4 is 14.8 Å². The first kappa shape index (κ1) is 21.1. The van der Waals surface area contributed by atoms with E-state index in [1.807, 2.05) is 18.2 Å². The summed E-state index contributed by atoms with van der Waals surface area (Å²) >= 11 is 0. The maximum Gasteiger partial charge on any atom is 0.246 e. The molecule has 0 bridgehead atoms. The van der Waals surface area contributed by atoms with E-state index in [2.05, 4.69) is 10.3 Å². The molecule has 1 fully saturated rings. The summed E-state index contributed by atoms with van der Waals surface area (Å²) in [4.78, 5) is 16.7. The smallest absolute Gasteiger partial charge is 0.246 e. The lowest BCUT2D eigenvalue weighted by molar-refractivity contribution is -0.126. The third-order valence-electron chi connectivity index (χ3n) is 4.98. The molecule has 0 spiro atoms. The van der Waals surface area contributed by atoms with Gasteiger partial charge in [0.1, 0.15) is 16.4 Å². The van der Waals surface area contributed by atoms with Crippen LogP contribution in [0.3, 0.4) is 0 Å². The van der Waals surface area contributed by atoms with Gasteiger partial charge in [0.25, 0.3) is 0 Å². The number of amides is 1. The molecule has 1 aliphatic rings. The quantitative estimate of drug-likeness (QED) is 0.735. The maximum atomic E-state index is 13.1. The highest BCUT2D eigenvalue weighted by molar-refractivity contribution is 7.89. The lowest BCUT2D eigenvalue weighted by Crippen LogP contribution is -2.43. The highest BCUT2D eigenvalue weighted by atomic mass is 32.2. The molecule has 1 saturated heterocycles. The monoisotopic (exact) mass is 419 g/mol. The second kappa shape index (κ2) is 9.23. The molecule has 29 heavy (non-hydrogen) atoms. The second-order valence-electron chi connectivity index (χ2n) is 6.73. The minimum Gasteiger partial charge on any atom is -0.497 e. The first-order valence-electron chi connectivity index (χ1n) is 9.35. The Labute approximate surface area is 170 Å². The summed E-state index contributed by atoms with van der Waals surface area (Å²) < 4.78 is 37.9. The van der Waals surface area contributed by atoms with E-state index in [0.717, 1.165) is 5.69 Å². The summed E-state index contributed by atoms with van der Waals surface area (Å²) in [6.07, 6.45) is 2.61. The van der Waals surface area contributed by atoms with Crippen molar-refractivity contribution in [2.75, 3.05) is 27.3 Å². The average molecular weight is 420 g/mol. The number of rotatable bonds is 7. The number of nitrogens with zero attached hydrogens (tertiary/aromatic N) is 2. The number of hydrogen-bond acceptors (Lipinski definition) is 6. The molecule has 0 saturated carbocycles. The summed E-state index contributed by atoms with van der Waals surface area (Å²) in [5.74, 6) is 0.460. The van der Waals surface area contributed by atoms with Gasteiger partial charge in [0.15, 0.2) is 0 Å². The number of carbonyl (C=O) groups excluding carboxylic acids is 1. The Morgan fingerprint density at radius 1 is 1.17 bits per heavy atom. The number of benzene rings is 1. The summed E-state index contributed by atoms with van der Waals surface area (Å²) in [7, 11) is -0.794. The van der Waals surface area contributed by atoms with Gasteiger partial charge in [-0.3, -0.25) is 9.78 Å². The molecule has 1 aliphatic heterocycles. The predicted octanol–water partition coefficient (Wildman–Crippen LogP) is 1.82. The molecule has 156 valence electrons. The largest absolute Gasteiger partial charge is 0.497 e. The Kier molecular flexibility index (Phi) is 6.71. The van der Waals surface area contributed by atoms with Crippen LogP contribution in [0.2, 0.25) is 0 Å². The Bertz CT molecular complexity index is 942. The predicted molar refractivity (Wildman–Crippen MR) is 107 cm³/mol. The molecule has 1 N–H and O–H groups in total. The minimum absolute atomic E-state index is 0.0743. The van der Waals surface area contributed by atoms with Crippen molar-refractivity contribution in [1.29, 1.82) is 0 Å². The van der Waals surface area contributed by atoms with E-state index >= 15 is 0 Å².